The van der Waals surface area contributed by atoms with E-state index in [1.165, 1.54) is 48.5 Å². The van der Waals surface area contributed by atoms with Gasteiger partial charge in [0.2, 0.25) is 0 Å². The molecule has 0 amide bonds. The first-order chi connectivity index (χ1) is 12.3. The van der Waals surface area contributed by atoms with Gasteiger partial charge < -0.3 is 4.74 Å². The zero-order chi connectivity index (χ0) is 18.9. The van der Waals surface area contributed by atoms with Crippen molar-refractivity contribution in [3.8, 4) is 16.9 Å². The van der Waals surface area contributed by atoms with Crippen molar-refractivity contribution in [1.29, 1.82) is 0 Å². The first-order valence-corrected chi connectivity index (χ1v) is 7.34. The predicted octanol–water partition coefficient (Wildman–Crippen LogP) is 6.04. The fourth-order valence-electron chi connectivity index (χ4n) is 2.38. The second-order valence-electron chi connectivity index (χ2n) is 5.39. The number of halogens is 6. The SMILES string of the molecule is Fc1ccc(-c2ccc(OC(F)(F)c3c(F)cc(F)cc3F)cc2)cc1. The maximum absolute atomic E-state index is 14.1. The molecule has 0 spiro atoms. The van der Waals surface area contributed by atoms with E-state index in [9.17, 15) is 26.3 Å². The van der Waals surface area contributed by atoms with Gasteiger partial charge in [-0.3, -0.25) is 0 Å². The van der Waals surface area contributed by atoms with Gasteiger partial charge in [-0.2, -0.15) is 8.78 Å². The van der Waals surface area contributed by atoms with Gasteiger partial charge in [0.05, 0.1) is 0 Å². The van der Waals surface area contributed by atoms with Crippen LogP contribution in [-0.4, -0.2) is 0 Å². The average molecular weight is 368 g/mol. The summed E-state index contributed by atoms with van der Waals surface area (Å²) in [4.78, 5) is 0. The second-order valence-corrected chi connectivity index (χ2v) is 5.39. The van der Waals surface area contributed by atoms with Crippen molar-refractivity contribution in [1.82, 2.24) is 0 Å². The zero-order valence-electron chi connectivity index (χ0n) is 12.9. The molecule has 0 saturated carbocycles. The maximum atomic E-state index is 14.1. The molecule has 0 heterocycles. The van der Waals surface area contributed by atoms with Gasteiger partial charge in [-0.25, -0.2) is 17.6 Å². The van der Waals surface area contributed by atoms with Gasteiger partial charge in [-0.05, 0) is 35.4 Å². The number of hydrogen-bond acceptors (Lipinski definition) is 1. The van der Waals surface area contributed by atoms with Crippen molar-refractivity contribution >= 4 is 0 Å². The minimum atomic E-state index is -4.35. The fraction of sp³-hybridized carbons (Fsp3) is 0.0526. The van der Waals surface area contributed by atoms with Crippen molar-refractivity contribution in [3.05, 3.63) is 89.5 Å². The Balaban J connectivity index is 1.85. The minimum absolute atomic E-state index is 0.146. The van der Waals surface area contributed by atoms with Crippen LogP contribution in [0.25, 0.3) is 11.1 Å². The lowest BCUT2D eigenvalue weighted by molar-refractivity contribution is -0.189. The van der Waals surface area contributed by atoms with E-state index >= 15 is 0 Å². The van der Waals surface area contributed by atoms with Crippen molar-refractivity contribution in [2.75, 3.05) is 0 Å². The molecule has 26 heavy (non-hydrogen) atoms. The third kappa shape index (κ3) is 3.66. The van der Waals surface area contributed by atoms with E-state index in [0.717, 1.165) is 0 Å². The van der Waals surface area contributed by atoms with Crippen LogP contribution in [0, 0.1) is 23.3 Å². The van der Waals surface area contributed by atoms with Gasteiger partial charge in [0.1, 0.15) is 34.6 Å². The molecule has 0 aromatic heterocycles. The number of rotatable bonds is 4. The zero-order valence-corrected chi connectivity index (χ0v) is 12.9. The maximum Gasteiger partial charge on any atom is 0.432 e. The summed E-state index contributed by atoms with van der Waals surface area (Å²) in [6.45, 7) is 0. The van der Waals surface area contributed by atoms with E-state index in [1.54, 1.807) is 0 Å². The Morgan fingerprint density at radius 3 is 1.58 bits per heavy atom. The summed E-state index contributed by atoms with van der Waals surface area (Å²) in [5, 5.41) is 0. The Kier molecular flexibility index (Phi) is 4.63. The first-order valence-electron chi connectivity index (χ1n) is 7.34. The average Bonchev–Trinajstić information content (AvgIpc) is 2.54. The molecule has 0 N–H and O–H groups in total. The van der Waals surface area contributed by atoms with Crippen LogP contribution in [-0.2, 0) is 6.11 Å². The van der Waals surface area contributed by atoms with Gasteiger partial charge in [0.15, 0.2) is 0 Å². The molecule has 3 aromatic rings. The van der Waals surface area contributed by atoms with Crippen LogP contribution in [0.1, 0.15) is 5.56 Å². The molecule has 0 radical (unpaired) electrons. The highest BCUT2D eigenvalue weighted by Crippen LogP contribution is 2.35. The van der Waals surface area contributed by atoms with Gasteiger partial charge in [-0.15, -0.1) is 0 Å². The fourth-order valence-corrected chi connectivity index (χ4v) is 2.38. The molecule has 0 bridgehead atoms. The minimum Gasteiger partial charge on any atom is -0.429 e. The Bertz CT molecular complexity index is 897. The number of alkyl halides is 2. The second kappa shape index (κ2) is 6.74. The molecule has 3 rings (SSSR count). The lowest BCUT2D eigenvalue weighted by Crippen LogP contribution is -2.25. The normalized spacial score (nSPS) is 11.5. The van der Waals surface area contributed by atoms with Crippen LogP contribution in [0.4, 0.5) is 26.3 Å². The molecule has 0 fully saturated rings. The van der Waals surface area contributed by atoms with E-state index in [4.69, 9.17) is 0 Å². The Morgan fingerprint density at radius 2 is 1.08 bits per heavy atom. The third-order valence-corrected chi connectivity index (χ3v) is 3.58. The topological polar surface area (TPSA) is 9.23 Å². The van der Waals surface area contributed by atoms with Crippen molar-refractivity contribution in [3.63, 3.8) is 0 Å². The highest BCUT2D eigenvalue weighted by Gasteiger charge is 2.41. The summed E-state index contributed by atoms with van der Waals surface area (Å²) >= 11 is 0. The summed E-state index contributed by atoms with van der Waals surface area (Å²) in [6.07, 6.45) is -4.35. The molecule has 0 aliphatic rings. The first kappa shape index (κ1) is 17.8. The summed E-state index contributed by atoms with van der Waals surface area (Å²) in [5.74, 6) is -5.60. The quantitative estimate of drug-likeness (QED) is 0.510. The number of hydrogen-bond donors (Lipinski definition) is 0. The van der Waals surface area contributed by atoms with Crippen LogP contribution >= 0.6 is 0 Å². The largest absolute Gasteiger partial charge is 0.432 e. The smallest absolute Gasteiger partial charge is 0.429 e. The molecule has 1 nitrogen and oxygen atoms in total. The van der Waals surface area contributed by atoms with Crippen molar-refractivity contribution in [2.45, 2.75) is 6.11 Å². The molecule has 0 aliphatic carbocycles. The van der Waals surface area contributed by atoms with Crippen LogP contribution in [0.2, 0.25) is 0 Å². The van der Waals surface area contributed by atoms with Crippen molar-refractivity contribution < 1.29 is 31.1 Å². The molecule has 0 unspecified atom stereocenters. The molecule has 7 heteroatoms. The van der Waals surface area contributed by atoms with E-state index in [-0.39, 0.29) is 17.9 Å². The molecule has 0 saturated heterocycles. The lowest BCUT2D eigenvalue weighted by Gasteiger charge is -2.19. The summed E-state index contributed by atoms with van der Waals surface area (Å²) in [5.41, 5.74) is -0.443. The Hall–Kier alpha value is -2.96. The molecule has 134 valence electrons. The van der Waals surface area contributed by atoms with Gasteiger partial charge in [0, 0.05) is 12.1 Å². The molecular formula is C19H10F6O. The summed E-state index contributed by atoms with van der Waals surface area (Å²) in [6, 6.07) is 11.0. The molecule has 0 aliphatic heterocycles. The highest BCUT2D eigenvalue weighted by atomic mass is 19.3. The van der Waals surface area contributed by atoms with Gasteiger partial charge in [-0.1, -0.05) is 24.3 Å². The van der Waals surface area contributed by atoms with Crippen LogP contribution < -0.4 is 4.74 Å². The Labute approximate surface area is 144 Å². The van der Waals surface area contributed by atoms with E-state index in [0.29, 0.717) is 11.1 Å². The Morgan fingerprint density at radius 1 is 0.615 bits per heavy atom. The number of benzene rings is 3. The van der Waals surface area contributed by atoms with Gasteiger partial charge >= 0.3 is 6.11 Å². The highest BCUT2D eigenvalue weighted by molar-refractivity contribution is 5.64. The van der Waals surface area contributed by atoms with E-state index in [2.05, 4.69) is 4.74 Å². The summed E-state index contributed by atoms with van der Waals surface area (Å²) < 4.78 is 85.5. The predicted molar refractivity (Wildman–Crippen MR) is 82.7 cm³/mol. The van der Waals surface area contributed by atoms with E-state index < -0.39 is 34.9 Å². The molecular weight excluding hydrogens is 358 g/mol. The molecule has 0 atom stereocenters. The van der Waals surface area contributed by atoms with Crippen LogP contribution in [0.3, 0.4) is 0 Å². The van der Waals surface area contributed by atoms with Crippen molar-refractivity contribution in [2.24, 2.45) is 0 Å². The van der Waals surface area contributed by atoms with E-state index in [1.807, 2.05) is 0 Å². The number of ether oxygens (including phenoxy) is 1. The third-order valence-electron chi connectivity index (χ3n) is 3.58. The monoisotopic (exact) mass is 368 g/mol. The van der Waals surface area contributed by atoms with Crippen LogP contribution in [0.15, 0.2) is 60.7 Å². The standard InChI is InChI=1S/C19H10F6O/c20-13-5-1-11(2-6-13)12-3-7-15(8-4-12)26-19(24,25)18-16(22)9-14(21)10-17(18)23/h1-10H. The molecule has 3 aromatic carbocycles. The van der Waals surface area contributed by atoms with Gasteiger partial charge in [0.25, 0.3) is 0 Å². The van der Waals surface area contributed by atoms with Crippen LogP contribution in [0.5, 0.6) is 5.75 Å². The summed E-state index contributed by atoms with van der Waals surface area (Å²) in [7, 11) is 0. The lowest BCUT2D eigenvalue weighted by atomic mass is 10.1.